The van der Waals surface area contributed by atoms with Gasteiger partial charge in [0.15, 0.2) is 5.69 Å². The molecular formula is C26H23ClN6O6. The van der Waals surface area contributed by atoms with Crippen LogP contribution >= 0.6 is 11.6 Å². The second-order valence-corrected chi connectivity index (χ2v) is 9.13. The van der Waals surface area contributed by atoms with Crippen LogP contribution < -0.4 is 4.90 Å². The molecule has 0 aromatic heterocycles. The van der Waals surface area contributed by atoms with Crippen molar-refractivity contribution in [3.63, 3.8) is 0 Å². The fourth-order valence-corrected chi connectivity index (χ4v) is 4.54. The summed E-state index contributed by atoms with van der Waals surface area (Å²) in [6, 6.07) is 14.0. The molecule has 0 saturated heterocycles. The Balaban J connectivity index is 1.46. The highest BCUT2D eigenvalue weighted by molar-refractivity contribution is 6.33. The molecule has 200 valence electrons. The minimum Gasteiger partial charge on any atom is -0.372 e. The van der Waals surface area contributed by atoms with Gasteiger partial charge in [-0.2, -0.15) is 0 Å². The monoisotopic (exact) mass is 550 g/mol. The molecule has 0 unspecified atom stereocenters. The maximum absolute atomic E-state index is 12.6. The van der Waals surface area contributed by atoms with E-state index >= 15 is 0 Å². The van der Waals surface area contributed by atoms with Crippen LogP contribution in [0.1, 0.15) is 39.6 Å². The lowest BCUT2D eigenvalue weighted by molar-refractivity contribution is -0.393. The van der Waals surface area contributed by atoms with Gasteiger partial charge < -0.3 is 4.90 Å². The van der Waals surface area contributed by atoms with Crippen molar-refractivity contribution in [1.82, 2.24) is 4.90 Å². The van der Waals surface area contributed by atoms with Crippen LogP contribution in [0.5, 0.6) is 0 Å². The number of carbonyl (C=O) groups excluding carboxylic acids is 2. The number of hydrogen-bond acceptors (Lipinski definition) is 9. The quantitative estimate of drug-likeness (QED) is 0.123. The molecule has 0 aliphatic carbocycles. The van der Waals surface area contributed by atoms with Gasteiger partial charge in [-0.1, -0.05) is 23.7 Å². The number of non-ortho nitro benzene ring substituents is 1. The molecule has 1 aliphatic heterocycles. The van der Waals surface area contributed by atoms with Crippen molar-refractivity contribution in [2.24, 2.45) is 10.2 Å². The van der Waals surface area contributed by atoms with E-state index < -0.39 is 21.2 Å². The fourth-order valence-electron chi connectivity index (χ4n) is 4.30. The third kappa shape index (κ3) is 5.60. The van der Waals surface area contributed by atoms with Crippen LogP contribution in [0.3, 0.4) is 0 Å². The van der Waals surface area contributed by atoms with Gasteiger partial charge in [0.25, 0.3) is 17.5 Å². The number of benzene rings is 3. The maximum atomic E-state index is 12.6. The number of anilines is 1. The van der Waals surface area contributed by atoms with E-state index in [1.165, 1.54) is 4.90 Å². The largest absolute Gasteiger partial charge is 0.372 e. The first kappa shape index (κ1) is 27.3. The number of fused-ring (bicyclic) bond motifs is 1. The van der Waals surface area contributed by atoms with E-state index in [2.05, 4.69) is 15.1 Å². The Hall–Kier alpha value is -4.71. The van der Waals surface area contributed by atoms with Gasteiger partial charge in [-0.15, -0.1) is 10.2 Å². The Bertz CT molecular complexity index is 1490. The lowest BCUT2D eigenvalue weighted by Crippen LogP contribution is -2.33. The average molecular weight is 551 g/mol. The number of halogens is 1. The van der Waals surface area contributed by atoms with Crippen molar-refractivity contribution in [2.75, 3.05) is 24.5 Å². The lowest BCUT2D eigenvalue weighted by atomic mass is 10.1. The van der Waals surface area contributed by atoms with Crippen LogP contribution in [-0.2, 0) is 0 Å². The van der Waals surface area contributed by atoms with Crippen LogP contribution in [0, 0.1) is 27.2 Å². The van der Waals surface area contributed by atoms with Crippen LogP contribution in [-0.4, -0.2) is 46.2 Å². The van der Waals surface area contributed by atoms with E-state index in [0.29, 0.717) is 42.9 Å². The van der Waals surface area contributed by atoms with Crippen LogP contribution in [0.4, 0.5) is 28.4 Å². The Morgan fingerprint density at radius 1 is 0.949 bits per heavy atom. The molecule has 0 fully saturated rings. The molecule has 1 heterocycles. The molecular weight excluding hydrogens is 528 g/mol. The first-order valence-corrected chi connectivity index (χ1v) is 12.3. The predicted molar refractivity (Wildman–Crippen MR) is 144 cm³/mol. The molecule has 13 heteroatoms. The van der Waals surface area contributed by atoms with Crippen LogP contribution in [0.25, 0.3) is 0 Å². The first-order chi connectivity index (χ1) is 18.6. The molecule has 0 N–H and O–H groups in total. The number of azo groups is 1. The van der Waals surface area contributed by atoms with Gasteiger partial charge in [0.1, 0.15) is 0 Å². The van der Waals surface area contributed by atoms with E-state index in [1.807, 2.05) is 19.1 Å². The first-order valence-electron chi connectivity index (χ1n) is 12.0. The van der Waals surface area contributed by atoms with E-state index in [4.69, 9.17) is 11.6 Å². The van der Waals surface area contributed by atoms with Crippen molar-refractivity contribution in [3.8, 4) is 0 Å². The number of hydrogen-bond donors (Lipinski definition) is 0. The van der Waals surface area contributed by atoms with Gasteiger partial charge in [0, 0.05) is 31.4 Å². The number of nitro benzene ring substituents is 2. The zero-order chi connectivity index (χ0) is 28.3. The van der Waals surface area contributed by atoms with Crippen molar-refractivity contribution in [1.29, 1.82) is 0 Å². The number of nitro groups is 2. The highest BCUT2D eigenvalue weighted by atomic mass is 35.5. The number of imide groups is 1. The molecule has 12 nitrogen and oxygen atoms in total. The second kappa shape index (κ2) is 11.4. The SMILES string of the molecule is CCN(CCCN1C(=O)c2ccccc2C1=O)c1ccc(N=Nc2c(Cl)cc([N+](=O)[O-])cc2[N+](=O)[O-])c(C)c1. The summed E-state index contributed by atoms with van der Waals surface area (Å²) < 4.78 is 0. The van der Waals surface area contributed by atoms with Crippen molar-refractivity contribution in [2.45, 2.75) is 20.3 Å². The Labute approximate surface area is 227 Å². The Morgan fingerprint density at radius 2 is 1.62 bits per heavy atom. The highest BCUT2D eigenvalue weighted by Crippen LogP contribution is 2.40. The average Bonchev–Trinajstić information content (AvgIpc) is 3.15. The summed E-state index contributed by atoms with van der Waals surface area (Å²) in [5.74, 6) is -0.560. The van der Waals surface area contributed by atoms with Gasteiger partial charge in [0.2, 0.25) is 0 Å². The third-order valence-corrected chi connectivity index (χ3v) is 6.60. The van der Waals surface area contributed by atoms with E-state index in [1.54, 1.807) is 37.3 Å². The normalized spacial score (nSPS) is 12.7. The second-order valence-electron chi connectivity index (χ2n) is 8.72. The van der Waals surface area contributed by atoms with Gasteiger partial charge in [0.05, 0.1) is 37.7 Å². The minimum absolute atomic E-state index is 0.260. The number of rotatable bonds is 10. The molecule has 0 spiro atoms. The number of aryl methyl sites for hydroxylation is 1. The molecule has 4 rings (SSSR count). The summed E-state index contributed by atoms with van der Waals surface area (Å²) in [5, 5.41) is 30.2. The molecule has 2 amide bonds. The summed E-state index contributed by atoms with van der Waals surface area (Å²) in [6.07, 6.45) is 0.572. The standard InChI is InChI=1S/C26H23ClN6O6/c1-3-30(11-6-12-31-25(34)19-7-4-5-8-20(19)26(31)35)17-9-10-22(16(2)13-17)28-29-24-21(27)14-18(32(36)37)15-23(24)33(38)39/h4-5,7-10,13-15H,3,6,11-12H2,1-2H3. The Morgan fingerprint density at radius 3 is 2.18 bits per heavy atom. The van der Waals surface area contributed by atoms with E-state index in [-0.39, 0.29) is 22.5 Å². The zero-order valence-corrected chi connectivity index (χ0v) is 21.8. The Kier molecular flexibility index (Phi) is 7.96. The number of amides is 2. The summed E-state index contributed by atoms with van der Waals surface area (Å²) >= 11 is 6.04. The van der Waals surface area contributed by atoms with E-state index in [0.717, 1.165) is 23.4 Å². The van der Waals surface area contributed by atoms with Gasteiger partial charge in [-0.05, 0) is 56.2 Å². The van der Waals surface area contributed by atoms with Gasteiger partial charge >= 0.3 is 5.69 Å². The third-order valence-electron chi connectivity index (χ3n) is 6.31. The summed E-state index contributed by atoms with van der Waals surface area (Å²) in [5.41, 5.74) is 1.48. The molecule has 0 atom stereocenters. The topological polar surface area (TPSA) is 152 Å². The van der Waals surface area contributed by atoms with Crippen LogP contribution in [0.2, 0.25) is 5.02 Å². The van der Waals surface area contributed by atoms with Gasteiger partial charge in [-0.25, -0.2) is 0 Å². The summed E-state index contributed by atoms with van der Waals surface area (Å²) in [7, 11) is 0. The smallest absolute Gasteiger partial charge is 0.305 e. The molecule has 1 aliphatic rings. The van der Waals surface area contributed by atoms with E-state index in [9.17, 15) is 29.8 Å². The minimum atomic E-state index is -0.801. The van der Waals surface area contributed by atoms with Gasteiger partial charge in [-0.3, -0.25) is 34.7 Å². The zero-order valence-electron chi connectivity index (χ0n) is 21.0. The molecule has 3 aromatic rings. The summed E-state index contributed by atoms with van der Waals surface area (Å²) in [6.45, 7) is 5.35. The van der Waals surface area contributed by atoms with Crippen molar-refractivity contribution >= 4 is 51.9 Å². The number of carbonyl (C=O) groups is 2. The molecule has 0 saturated carbocycles. The lowest BCUT2D eigenvalue weighted by Gasteiger charge is -2.25. The predicted octanol–water partition coefficient (Wildman–Crippen LogP) is 6.39. The van der Waals surface area contributed by atoms with Crippen molar-refractivity contribution < 1.29 is 19.4 Å². The van der Waals surface area contributed by atoms with Crippen LogP contribution in [0.15, 0.2) is 64.8 Å². The number of nitrogens with zero attached hydrogens (tertiary/aromatic N) is 6. The molecule has 3 aromatic carbocycles. The van der Waals surface area contributed by atoms with Crippen molar-refractivity contribution in [3.05, 3.63) is 96.5 Å². The molecule has 39 heavy (non-hydrogen) atoms. The fraction of sp³-hybridized carbons (Fsp3) is 0.231. The molecule has 0 radical (unpaired) electrons. The molecule has 0 bridgehead atoms. The summed E-state index contributed by atoms with van der Waals surface area (Å²) in [4.78, 5) is 49.4. The highest BCUT2D eigenvalue weighted by Gasteiger charge is 2.34. The maximum Gasteiger partial charge on any atom is 0.305 e.